The average molecular weight is 365 g/mol. The molecule has 0 amide bonds. The summed E-state index contributed by atoms with van der Waals surface area (Å²) in [7, 11) is -4.18. The van der Waals surface area contributed by atoms with Gasteiger partial charge in [-0.25, -0.2) is 0 Å². The summed E-state index contributed by atoms with van der Waals surface area (Å²) >= 11 is 1.95. The molecular formula is C11H12INO3S. The summed E-state index contributed by atoms with van der Waals surface area (Å²) in [6, 6.07) is 3.03. The maximum atomic E-state index is 11.3. The third-order valence-electron chi connectivity index (χ3n) is 3.18. The van der Waals surface area contributed by atoms with Crippen LogP contribution in [0.2, 0.25) is 0 Å². The van der Waals surface area contributed by atoms with Crippen molar-refractivity contribution in [3.05, 3.63) is 21.3 Å². The van der Waals surface area contributed by atoms with Gasteiger partial charge in [-0.2, -0.15) is 8.42 Å². The van der Waals surface area contributed by atoms with E-state index in [2.05, 4.69) is 4.99 Å². The third-order valence-corrected chi connectivity index (χ3v) is 5.56. The Bertz CT molecular complexity index is 632. The molecule has 1 N–H and O–H groups in total. The first-order valence-corrected chi connectivity index (χ1v) is 7.54. The molecule has 1 aromatic carbocycles. The molecule has 0 aromatic heterocycles. The standard InChI is InChI=1S/C11H12INO3S/c1-6-11(2,3)9-7(13-6)4-5-8(10(9)12)17(14,15)16/h4-5H,1-3H3,(H,14,15,16). The van der Waals surface area contributed by atoms with Crippen LogP contribution in [-0.2, 0) is 15.5 Å². The van der Waals surface area contributed by atoms with Crippen molar-refractivity contribution in [1.29, 1.82) is 0 Å². The maximum Gasteiger partial charge on any atom is 0.295 e. The smallest absolute Gasteiger partial charge is 0.282 e. The summed E-state index contributed by atoms with van der Waals surface area (Å²) in [5, 5.41) is 0. The van der Waals surface area contributed by atoms with Gasteiger partial charge in [0.2, 0.25) is 0 Å². The molecule has 1 aliphatic heterocycles. The van der Waals surface area contributed by atoms with Crippen LogP contribution in [-0.4, -0.2) is 18.7 Å². The topological polar surface area (TPSA) is 66.7 Å². The zero-order valence-corrected chi connectivity index (χ0v) is 12.6. The number of rotatable bonds is 1. The van der Waals surface area contributed by atoms with Gasteiger partial charge in [0.05, 0.1) is 5.69 Å². The van der Waals surface area contributed by atoms with Crippen molar-refractivity contribution in [3.63, 3.8) is 0 Å². The lowest BCUT2D eigenvalue weighted by Crippen LogP contribution is -2.24. The van der Waals surface area contributed by atoms with Crippen LogP contribution >= 0.6 is 22.6 Å². The second kappa shape index (κ2) is 3.76. The maximum absolute atomic E-state index is 11.3. The number of hydrogen-bond donors (Lipinski definition) is 1. The van der Waals surface area contributed by atoms with Crippen LogP contribution in [0.4, 0.5) is 5.69 Å². The monoisotopic (exact) mass is 365 g/mol. The van der Waals surface area contributed by atoms with Gasteiger partial charge in [-0.1, -0.05) is 13.8 Å². The van der Waals surface area contributed by atoms with Crippen molar-refractivity contribution in [3.8, 4) is 0 Å². The molecule has 4 nitrogen and oxygen atoms in total. The fourth-order valence-electron chi connectivity index (χ4n) is 1.94. The highest BCUT2D eigenvalue weighted by Crippen LogP contribution is 2.44. The number of halogens is 1. The van der Waals surface area contributed by atoms with Gasteiger partial charge in [-0.05, 0) is 41.6 Å². The fourth-order valence-corrected chi connectivity index (χ4v) is 4.47. The van der Waals surface area contributed by atoms with Crippen molar-refractivity contribution >= 4 is 44.1 Å². The third kappa shape index (κ3) is 1.92. The molecule has 0 atom stereocenters. The zero-order chi connectivity index (χ0) is 13.0. The minimum Gasteiger partial charge on any atom is -0.282 e. The van der Waals surface area contributed by atoms with E-state index in [1.54, 1.807) is 6.07 Å². The van der Waals surface area contributed by atoms with Gasteiger partial charge >= 0.3 is 0 Å². The average Bonchev–Trinajstić information content (AvgIpc) is 2.36. The van der Waals surface area contributed by atoms with E-state index in [9.17, 15) is 8.42 Å². The Morgan fingerprint density at radius 1 is 1.35 bits per heavy atom. The molecule has 0 saturated heterocycles. The summed E-state index contributed by atoms with van der Waals surface area (Å²) < 4.78 is 32.2. The van der Waals surface area contributed by atoms with E-state index < -0.39 is 10.1 Å². The highest BCUT2D eigenvalue weighted by atomic mass is 127. The Morgan fingerprint density at radius 3 is 2.47 bits per heavy atom. The second-order valence-electron chi connectivity index (χ2n) is 4.57. The van der Waals surface area contributed by atoms with Crippen molar-refractivity contribution in [2.45, 2.75) is 31.1 Å². The molecule has 0 fully saturated rings. The van der Waals surface area contributed by atoms with Gasteiger partial charge in [0.1, 0.15) is 4.90 Å². The first-order valence-electron chi connectivity index (χ1n) is 5.02. The van der Waals surface area contributed by atoms with Crippen molar-refractivity contribution in [1.82, 2.24) is 0 Å². The Labute approximate surface area is 114 Å². The largest absolute Gasteiger partial charge is 0.295 e. The summed E-state index contributed by atoms with van der Waals surface area (Å²) in [6.45, 7) is 5.91. The molecule has 1 aliphatic rings. The van der Waals surface area contributed by atoms with Gasteiger partial charge in [-0.15, -0.1) is 0 Å². The Morgan fingerprint density at radius 2 is 1.94 bits per heavy atom. The molecule has 0 saturated carbocycles. The second-order valence-corrected chi connectivity index (χ2v) is 7.04. The molecule has 0 aliphatic carbocycles. The molecule has 0 spiro atoms. The van der Waals surface area contributed by atoms with Crippen molar-refractivity contribution in [2.75, 3.05) is 0 Å². The van der Waals surface area contributed by atoms with E-state index in [1.165, 1.54) is 6.07 Å². The van der Waals surface area contributed by atoms with E-state index >= 15 is 0 Å². The van der Waals surface area contributed by atoms with E-state index in [-0.39, 0.29) is 10.3 Å². The van der Waals surface area contributed by atoms with Crippen LogP contribution in [0.1, 0.15) is 26.3 Å². The normalized spacial score (nSPS) is 17.8. The van der Waals surface area contributed by atoms with Crippen molar-refractivity contribution in [2.24, 2.45) is 4.99 Å². The molecule has 6 heteroatoms. The number of fused-ring (bicyclic) bond motifs is 1. The van der Waals surface area contributed by atoms with Crippen LogP contribution in [0.3, 0.4) is 0 Å². The molecule has 0 unspecified atom stereocenters. The lowest BCUT2D eigenvalue weighted by molar-refractivity contribution is 0.482. The predicted molar refractivity (Wildman–Crippen MR) is 74.8 cm³/mol. The number of hydrogen-bond acceptors (Lipinski definition) is 3. The van der Waals surface area contributed by atoms with Gasteiger partial charge in [0, 0.05) is 20.3 Å². The molecule has 1 heterocycles. The molecule has 92 valence electrons. The van der Waals surface area contributed by atoms with Crippen LogP contribution in [0.15, 0.2) is 22.0 Å². The minimum absolute atomic E-state index is 0.0465. The molecule has 1 aromatic rings. The number of benzene rings is 1. The minimum atomic E-state index is -4.18. The first-order chi connectivity index (χ1) is 7.65. The Hall–Kier alpha value is -0.470. The highest BCUT2D eigenvalue weighted by molar-refractivity contribution is 14.1. The molecule has 0 radical (unpaired) electrons. The van der Waals surface area contributed by atoms with E-state index in [0.717, 1.165) is 17.0 Å². The van der Waals surface area contributed by atoms with E-state index in [4.69, 9.17) is 4.55 Å². The molecule has 2 rings (SSSR count). The van der Waals surface area contributed by atoms with Crippen LogP contribution in [0.5, 0.6) is 0 Å². The lowest BCUT2D eigenvalue weighted by atomic mass is 9.82. The van der Waals surface area contributed by atoms with Crippen LogP contribution in [0, 0.1) is 3.57 Å². The fraction of sp³-hybridized carbons (Fsp3) is 0.364. The summed E-state index contributed by atoms with van der Waals surface area (Å²) in [5.74, 6) is 0. The van der Waals surface area contributed by atoms with E-state index in [1.807, 2.05) is 43.4 Å². The summed E-state index contributed by atoms with van der Waals surface area (Å²) in [5.41, 5.74) is 2.29. The van der Waals surface area contributed by atoms with Gasteiger partial charge in [0.25, 0.3) is 10.1 Å². The molecule has 0 bridgehead atoms. The Kier molecular flexibility index (Phi) is 2.87. The number of nitrogens with zero attached hydrogens (tertiary/aromatic N) is 1. The molecular weight excluding hydrogens is 353 g/mol. The van der Waals surface area contributed by atoms with Gasteiger partial charge in [0.15, 0.2) is 0 Å². The number of aliphatic imine (C=N–C) groups is 1. The zero-order valence-electron chi connectivity index (χ0n) is 9.65. The van der Waals surface area contributed by atoms with E-state index in [0.29, 0.717) is 3.57 Å². The Balaban J connectivity index is 2.79. The summed E-state index contributed by atoms with van der Waals surface area (Å²) in [4.78, 5) is 4.38. The lowest BCUT2D eigenvalue weighted by Gasteiger charge is -2.22. The van der Waals surface area contributed by atoms with Gasteiger partial charge < -0.3 is 0 Å². The molecule has 17 heavy (non-hydrogen) atoms. The van der Waals surface area contributed by atoms with Crippen LogP contribution in [0.25, 0.3) is 0 Å². The summed E-state index contributed by atoms with van der Waals surface area (Å²) in [6.07, 6.45) is 0. The highest BCUT2D eigenvalue weighted by Gasteiger charge is 2.36. The van der Waals surface area contributed by atoms with Crippen molar-refractivity contribution < 1.29 is 13.0 Å². The SMILES string of the molecule is CC1=Nc2ccc(S(=O)(=O)O)c(I)c2C1(C)C. The predicted octanol–water partition coefficient (Wildman–Crippen LogP) is 2.92. The van der Waals surface area contributed by atoms with Gasteiger partial charge in [-0.3, -0.25) is 9.55 Å². The quantitative estimate of drug-likeness (QED) is 0.615. The first kappa shape index (κ1) is 13.0. The van der Waals surface area contributed by atoms with Crippen LogP contribution < -0.4 is 0 Å².